The first-order chi connectivity index (χ1) is 15.9. The standard InChI is InChI=1S/C23H21N3O6S/c1-3-32-18-9-5-4-8-17(18)25-33(29,30)20-13-15(10-11-19(20)31-2)14-26-22(27)16-7-6-12-24-21(16)23(26)28/h4-13,25H,3,14H2,1-2H3. The number of carbonyl (C=O) groups is 2. The van der Waals surface area contributed by atoms with Gasteiger partial charge in [-0.25, -0.2) is 8.42 Å². The van der Waals surface area contributed by atoms with E-state index in [-0.39, 0.29) is 34.1 Å². The van der Waals surface area contributed by atoms with Crippen molar-refractivity contribution >= 4 is 27.5 Å². The third kappa shape index (κ3) is 4.24. The molecular formula is C23H21N3O6S. The summed E-state index contributed by atoms with van der Waals surface area (Å²) >= 11 is 0. The van der Waals surface area contributed by atoms with Gasteiger partial charge in [0.05, 0.1) is 31.5 Å². The van der Waals surface area contributed by atoms with Crippen LogP contribution in [0.5, 0.6) is 11.5 Å². The number of benzene rings is 2. The summed E-state index contributed by atoms with van der Waals surface area (Å²) in [6.45, 7) is 2.05. The number of ether oxygens (including phenoxy) is 2. The first-order valence-corrected chi connectivity index (χ1v) is 11.6. The summed E-state index contributed by atoms with van der Waals surface area (Å²) in [6, 6.07) is 14.2. The minimum absolute atomic E-state index is 0.0815. The predicted octanol–water partition coefficient (Wildman–Crippen LogP) is 3.09. The predicted molar refractivity (Wildman–Crippen MR) is 120 cm³/mol. The number of nitrogens with one attached hydrogen (secondary N) is 1. The van der Waals surface area contributed by atoms with E-state index in [2.05, 4.69) is 9.71 Å². The zero-order valence-electron chi connectivity index (χ0n) is 17.9. The van der Waals surface area contributed by atoms with E-state index in [0.29, 0.717) is 17.9 Å². The molecule has 1 aliphatic heterocycles. The van der Waals surface area contributed by atoms with Gasteiger partial charge >= 0.3 is 0 Å². The van der Waals surface area contributed by atoms with Gasteiger partial charge in [-0.15, -0.1) is 0 Å². The molecule has 2 heterocycles. The molecule has 33 heavy (non-hydrogen) atoms. The van der Waals surface area contributed by atoms with Gasteiger partial charge in [-0.2, -0.15) is 0 Å². The number of methoxy groups -OCH3 is 1. The summed E-state index contributed by atoms with van der Waals surface area (Å²) in [5.41, 5.74) is 1.01. The molecule has 0 unspecified atom stereocenters. The number of carbonyl (C=O) groups excluding carboxylic acids is 2. The molecule has 0 saturated carbocycles. The number of hydrogen-bond donors (Lipinski definition) is 1. The van der Waals surface area contributed by atoms with Gasteiger partial charge < -0.3 is 9.47 Å². The molecule has 1 aromatic heterocycles. The number of para-hydroxylation sites is 2. The maximum atomic E-state index is 13.2. The van der Waals surface area contributed by atoms with E-state index in [4.69, 9.17) is 9.47 Å². The number of amides is 2. The van der Waals surface area contributed by atoms with Crippen LogP contribution in [0.15, 0.2) is 65.7 Å². The number of pyridine rings is 1. The highest BCUT2D eigenvalue weighted by molar-refractivity contribution is 7.92. The van der Waals surface area contributed by atoms with Gasteiger partial charge in [0.25, 0.3) is 21.8 Å². The lowest BCUT2D eigenvalue weighted by molar-refractivity contribution is 0.0640. The Morgan fingerprint density at radius 1 is 1.00 bits per heavy atom. The van der Waals surface area contributed by atoms with Gasteiger partial charge in [-0.1, -0.05) is 18.2 Å². The number of nitrogens with zero attached hydrogens (tertiary/aromatic N) is 2. The largest absolute Gasteiger partial charge is 0.495 e. The molecule has 0 bridgehead atoms. The van der Waals surface area contributed by atoms with Crippen LogP contribution in [-0.4, -0.2) is 43.8 Å². The van der Waals surface area contributed by atoms with Gasteiger partial charge in [-0.3, -0.25) is 24.2 Å². The lowest BCUT2D eigenvalue weighted by atomic mass is 10.2. The van der Waals surface area contributed by atoms with E-state index < -0.39 is 21.8 Å². The van der Waals surface area contributed by atoms with Crippen molar-refractivity contribution in [3.8, 4) is 11.5 Å². The van der Waals surface area contributed by atoms with Crippen LogP contribution < -0.4 is 14.2 Å². The topological polar surface area (TPSA) is 115 Å². The van der Waals surface area contributed by atoms with Crippen LogP contribution in [-0.2, 0) is 16.6 Å². The van der Waals surface area contributed by atoms with Crippen LogP contribution in [0.3, 0.4) is 0 Å². The Labute approximate surface area is 191 Å². The molecule has 2 aromatic carbocycles. The van der Waals surface area contributed by atoms with Gasteiger partial charge in [0, 0.05) is 6.20 Å². The summed E-state index contributed by atoms with van der Waals surface area (Å²) in [5, 5.41) is 0. The Morgan fingerprint density at radius 2 is 1.79 bits per heavy atom. The van der Waals surface area contributed by atoms with Crippen molar-refractivity contribution in [1.29, 1.82) is 0 Å². The molecule has 0 saturated heterocycles. The molecule has 0 radical (unpaired) electrons. The summed E-state index contributed by atoms with van der Waals surface area (Å²) in [7, 11) is -2.73. The molecule has 0 fully saturated rings. The molecule has 1 aliphatic rings. The van der Waals surface area contributed by atoms with Crippen molar-refractivity contribution in [3.63, 3.8) is 0 Å². The second kappa shape index (κ2) is 8.91. The molecule has 0 atom stereocenters. The van der Waals surface area contributed by atoms with E-state index in [9.17, 15) is 18.0 Å². The smallest absolute Gasteiger partial charge is 0.280 e. The Kier molecular flexibility index (Phi) is 6.01. The Hall–Kier alpha value is -3.92. The average molecular weight is 468 g/mol. The fourth-order valence-corrected chi connectivity index (χ4v) is 4.79. The van der Waals surface area contributed by atoms with Crippen LogP contribution in [0, 0.1) is 0 Å². The third-order valence-electron chi connectivity index (χ3n) is 5.02. The second-order valence-corrected chi connectivity index (χ2v) is 8.77. The SMILES string of the molecule is CCOc1ccccc1NS(=O)(=O)c1cc(CN2C(=O)c3cccnc3C2=O)ccc1OC. The summed E-state index contributed by atoms with van der Waals surface area (Å²) < 4.78 is 39.7. The second-order valence-electron chi connectivity index (χ2n) is 7.12. The Bertz CT molecular complexity index is 1300. The van der Waals surface area contributed by atoms with Crippen LogP contribution in [0.4, 0.5) is 5.69 Å². The lowest BCUT2D eigenvalue weighted by Gasteiger charge is -2.17. The number of rotatable bonds is 8. The van der Waals surface area contributed by atoms with E-state index in [0.717, 1.165) is 4.90 Å². The normalized spacial score (nSPS) is 13.1. The first-order valence-electron chi connectivity index (χ1n) is 10.1. The monoisotopic (exact) mass is 467 g/mol. The lowest BCUT2D eigenvalue weighted by Crippen LogP contribution is -2.29. The van der Waals surface area contributed by atoms with Crippen molar-refractivity contribution in [2.24, 2.45) is 0 Å². The van der Waals surface area contributed by atoms with Gasteiger partial charge in [0.15, 0.2) is 0 Å². The molecule has 170 valence electrons. The molecule has 1 N–H and O–H groups in total. The molecule has 2 amide bonds. The van der Waals surface area contributed by atoms with Crippen molar-refractivity contribution < 1.29 is 27.5 Å². The molecular weight excluding hydrogens is 446 g/mol. The highest BCUT2D eigenvalue weighted by atomic mass is 32.2. The molecule has 9 nitrogen and oxygen atoms in total. The average Bonchev–Trinajstić information content (AvgIpc) is 3.05. The number of anilines is 1. The number of fused-ring (bicyclic) bond motifs is 1. The zero-order valence-corrected chi connectivity index (χ0v) is 18.8. The van der Waals surface area contributed by atoms with Crippen LogP contribution in [0.1, 0.15) is 33.3 Å². The maximum absolute atomic E-state index is 13.2. The maximum Gasteiger partial charge on any atom is 0.280 e. The van der Waals surface area contributed by atoms with Crippen LogP contribution in [0.2, 0.25) is 0 Å². The number of hydrogen-bond acceptors (Lipinski definition) is 7. The van der Waals surface area contributed by atoms with Gasteiger partial charge in [-0.05, 0) is 48.9 Å². The van der Waals surface area contributed by atoms with E-state index in [1.165, 1.54) is 31.5 Å². The molecule has 0 spiro atoms. The zero-order chi connectivity index (χ0) is 23.6. The summed E-state index contributed by atoms with van der Waals surface area (Å²) in [4.78, 5) is 30.2. The Morgan fingerprint density at radius 3 is 2.52 bits per heavy atom. The van der Waals surface area contributed by atoms with Crippen LogP contribution >= 0.6 is 0 Å². The Balaban J connectivity index is 1.65. The number of aromatic nitrogens is 1. The fraction of sp³-hybridized carbons (Fsp3) is 0.174. The minimum atomic E-state index is -4.09. The van der Waals surface area contributed by atoms with E-state index >= 15 is 0 Å². The van der Waals surface area contributed by atoms with Crippen molar-refractivity contribution in [2.45, 2.75) is 18.4 Å². The molecule has 4 rings (SSSR count). The molecule has 0 aliphatic carbocycles. The number of imide groups is 1. The van der Waals surface area contributed by atoms with Gasteiger partial charge in [0.1, 0.15) is 22.1 Å². The van der Waals surface area contributed by atoms with Crippen molar-refractivity contribution in [1.82, 2.24) is 9.88 Å². The number of sulfonamides is 1. The first kappa shape index (κ1) is 22.3. The quantitative estimate of drug-likeness (QED) is 0.506. The summed E-state index contributed by atoms with van der Waals surface area (Å²) in [5.74, 6) is -0.506. The fourth-order valence-electron chi connectivity index (χ4n) is 3.50. The van der Waals surface area contributed by atoms with Crippen LogP contribution in [0.25, 0.3) is 0 Å². The van der Waals surface area contributed by atoms with Gasteiger partial charge in [0.2, 0.25) is 0 Å². The molecule has 10 heteroatoms. The van der Waals surface area contributed by atoms with Crippen molar-refractivity contribution in [3.05, 3.63) is 77.6 Å². The third-order valence-corrected chi connectivity index (χ3v) is 6.41. The molecule has 3 aromatic rings. The highest BCUT2D eigenvalue weighted by Gasteiger charge is 2.36. The highest BCUT2D eigenvalue weighted by Crippen LogP contribution is 2.31. The van der Waals surface area contributed by atoms with E-state index in [1.54, 1.807) is 43.3 Å². The van der Waals surface area contributed by atoms with Crippen molar-refractivity contribution in [2.75, 3.05) is 18.4 Å². The summed E-state index contributed by atoms with van der Waals surface area (Å²) in [6.07, 6.45) is 1.44. The minimum Gasteiger partial charge on any atom is -0.495 e. The van der Waals surface area contributed by atoms with E-state index in [1.807, 2.05) is 0 Å².